The highest BCUT2D eigenvalue weighted by Gasteiger charge is 2.33. The Bertz CT molecular complexity index is 1110. The van der Waals surface area contributed by atoms with Gasteiger partial charge in [0.2, 0.25) is 5.91 Å². The Morgan fingerprint density at radius 2 is 1.57 bits per heavy atom. The summed E-state index contributed by atoms with van der Waals surface area (Å²) in [4.78, 5) is 21.1. The number of imidazole rings is 1. The minimum Gasteiger partial charge on any atom is -0.497 e. The predicted molar refractivity (Wildman–Crippen MR) is 138 cm³/mol. The molecule has 35 heavy (non-hydrogen) atoms. The predicted octanol–water partition coefficient (Wildman–Crippen LogP) is 6.12. The van der Waals surface area contributed by atoms with E-state index in [1.54, 1.807) is 7.11 Å². The van der Waals surface area contributed by atoms with E-state index in [4.69, 9.17) is 14.5 Å². The normalized spacial score (nSPS) is 17.4. The molecule has 0 unspecified atom stereocenters. The van der Waals surface area contributed by atoms with E-state index in [0.29, 0.717) is 25.2 Å². The average Bonchev–Trinajstić information content (AvgIpc) is 3.26. The third kappa shape index (κ3) is 5.47. The number of nitrogens with zero attached hydrogens (tertiary/aromatic N) is 3. The molecule has 1 heterocycles. The first-order valence-electron chi connectivity index (χ1n) is 13.2. The van der Waals surface area contributed by atoms with Crippen molar-refractivity contribution in [2.75, 3.05) is 7.11 Å². The van der Waals surface area contributed by atoms with Gasteiger partial charge in [-0.2, -0.15) is 0 Å². The average molecular weight is 476 g/mol. The Kier molecular flexibility index (Phi) is 7.55. The number of hydrogen-bond donors (Lipinski definition) is 0. The van der Waals surface area contributed by atoms with Crippen LogP contribution in [0.5, 0.6) is 11.5 Å². The molecule has 0 N–H and O–H groups in total. The molecule has 2 aromatic carbocycles. The highest BCUT2D eigenvalue weighted by atomic mass is 16.5. The third-order valence-corrected chi connectivity index (χ3v) is 7.66. The molecule has 5 rings (SSSR count). The zero-order valence-electron chi connectivity index (χ0n) is 20.8. The van der Waals surface area contributed by atoms with Crippen molar-refractivity contribution in [3.63, 3.8) is 0 Å². The quantitative estimate of drug-likeness (QED) is 0.394. The summed E-state index contributed by atoms with van der Waals surface area (Å²) < 4.78 is 13.5. The molecule has 6 heteroatoms. The number of ether oxygens (including phenoxy) is 2. The van der Waals surface area contributed by atoms with E-state index in [0.717, 1.165) is 54.0 Å². The Hall–Kier alpha value is -3.02. The molecule has 0 aliphatic heterocycles. The van der Waals surface area contributed by atoms with Crippen molar-refractivity contribution in [2.45, 2.75) is 89.4 Å². The van der Waals surface area contributed by atoms with Crippen molar-refractivity contribution >= 4 is 16.9 Å². The monoisotopic (exact) mass is 475 g/mol. The van der Waals surface area contributed by atoms with Gasteiger partial charge >= 0.3 is 0 Å². The van der Waals surface area contributed by atoms with E-state index in [9.17, 15) is 4.79 Å². The first-order valence-corrected chi connectivity index (χ1v) is 13.2. The standard InChI is InChI=1S/C29H37N3O3/c1-34-24-15-10-16-25(19-24)35-21-28-30-26-17-8-9-18-27(26)31(28)20-29(33)32(22-11-4-2-5-12-22)23-13-6-3-7-14-23/h8-10,15-19,22-23H,2-7,11-14,20-21H2,1H3. The number of aromatic nitrogens is 2. The topological polar surface area (TPSA) is 56.6 Å². The van der Waals surface area contributed by atoms with Gasteiger partial charge in [0.05, 0.1) is 18.1 Å². The van der Waals surface area contributed by atoms with Gasteiger partial charge in [0.15, 0.2) is 0 Å². The summed E-state index contributed by atoms with van der Waals surface area (Å²) in [6, 6.07) is 16.4. The summed E-state index contributed by atoms with van der Waals surface area (Å²) in [6.07, 6.45) is 12.1. The van der Waals surface area contributed by atoms with Crippen molar-refractivity contribution in [2.24, 2.45) is 0 Å². The molecule has 3 aromatic rings. The van der Waals surface area contributed by atoms with Crippen LogP contribution in [0.2, 0.25) is 0 Å². The maximum absolute atomic E-state index is 14.0. The van der Waals surface area contributed by atoms with E-state index in [-0.39, 0.29) is 5.91 Å². The molecule has 6 nitrogen and oxygen atoms in total. The minimum atomic E-state index is 0.231. The van der Waals surface area contributed by atoms with Gasteiger partial charge in [0.1, 0.15) is 30.5 Å². The van der Waals surface area contributed by atoms with Crippen LogP contribution >= 0.6 is 0 Å². The third-order valence-electron chi connectivity index (χ3n) is 7.66. The van der Waals surface area contributed by atoms with Crippen LogP contribution in [0.3, 0.4) is 0 Å². The smallest absolute Gasteiger partial charge is 0.243 e. The molecule has 2 aliphatic carbocycles. The molecule has 0 spiro atoms. The SMILES string of the molecule is COc1cccc(OCc2nc3ccccc3n2CC(=O)N(C2CCCCC2)C2CCCCC2)c1. The number of fused-ring (bicyclic) bond motifs is 1. The van der Waals surface area contributed by atoms with E-state index < -0.39 is 0 Å². The number of rotatable bonds is 8. The number of methoxy groups -OCH3 is 1. The maximum Gasteiger partial charge on any atom is 0.243 e. The largest absolute Gasteiger partial charge is 0.497 e. The van der Waals surface area contributed by atoms with Crippen LogP contribution in [0.4, 0.5) is 0 Å². The molecular formula is C29H37N3O3. The molecule has 2 saturated carbocycles. The van der Waals surface area contributed by atoms with Gasteiger partial charge in [-0.3, -0.25) is 4.79 Å². The molecule has 186 valence electrons. The second kappa shape index (κ2) is 11.1. The fraction of sp³-hybridized carbons (Fsp3) is 0.517. The van der Waals surface area contributed by atoms with Crippen LogP contribution < -0.4 is 9.47 Å². The van der Waals surface area contributed by atoms with Crippen LogP contribution in [-0.2, 0) is 17.9 Å². The Morgan fingerprint density at radius 3 is 2.26 bits per heavy atom. The van der Waals surface area contributed by atoms with Crippen molar-refractivity contribution in [1.29, 1.82) is 0 Å². The molecule has 0 radical (unpaired) electrons. The number of carbonyl (C=O) groups excluding carboxylic acids is 1. The summed E-state index contributed by atoms with van der Waals surface area (Å²) >= 11 is 0. The van der Waals surface area contributed by atoms with E-state index in [2.05, 4.69) is 15.5 Å². The fourth-order valence-electron chi connectivity index (χ4n) is 5.89. The zero-order chi connectivity index (χ0) is 24.0. The Balaban J connectivity index is 1.40. The van der Waals surface area contributed by atoms with Gasteiger partial charge in [0.25, 0.3) is 0 Å². The van der Waals surface area contributed by atoms with E-state index >= 15 is 0 Å². The first-order chi connectivity index (χ1) is 17.2. The minimum absolute atomic E-state index is 0.231. The molecule has 1 amide bonds. The summed E-state index contributed by atoms with van der Waals surface area (Å²) in [6.45, 7) is 0.603. The van der Waals surface area contributed by atoms with Gasteiger partial charge in [-0.05, 0) is 49.9 Å². The Labute approximate surface area is 208 Å². The van der Waals surface area contributed by atoms with Crippen molar-refractivity contribution in [1.82, 2.24) is 14.5 Å². The van der Waals surface area contributed by atoms with Crippen LogP contribution in [0.15, 0.2) is 48.5 Å². The maximum atomic E-state index is 14.0. The van der Waals surface area contributed by atoms with Gasteiger partial charge in [-0.15, -0.1) is 0 Å². The van der Waals surface area contributed by atoms with Crippen molar-refractivity contribution in [3.8, 4) is 11.5 Å². The molecule has 2 aliphatic rings. The van der Waals surface area contributed by atoms with Gasteiger partial charge < -0.3 is 18.9 Å². The highest BCUT2D eigenvalue weighted by Crippen LogP contribution is 2.31. The lowest BCUT2D eigenvalue weighted by Gasteiger charge is -2.42. The molecular weight excluding hydrogens is 438 g/mol. The van der Waals surface area contributed by atoms with Crippen LogP contribution in [0.25, 0.3) is 11.0 Å². The molecule has 0 bridgehead atoms. The lowest BCUT2D eigenvalue weighted by Crippen LogP contribution is -2.50. The molecule has 0 saturated heterocycles. The van der Waals surface area contributed by atoms with E-state index in [1.807, 2.05) is 42.5 Å². The molecule has 0 atom stereocenters. The van der Waals surface area contributed by atoms with Crippen LogP contribution in [-0.4, -0.2) is 39.6 Å². The fourth-order valence-corrected chi connectivity index (χ4v) is 5.89. The second-order valence-corrected chi connectivity index (χ2v) is 9.96. The van der Waals surface area contributed by atoms with Crippen molar-refractivity contribution < 1.29 is 14.3 Å². The summed E-state index contributed by atoms with van der Waals surface area (Å²) in [7, 11) is 1.65. The summed E-state index contributed by atoms with van der Waals surface area (Å²) in [5, 5.41) is 0. The molecule has 2 fully saturated rings. The molecule has 1 aromatic heterocycles. The zero-order valence-corrected chi connectivity index (χ0v) is 20.8. The van der Waals surface area contributed by atoms with Gasteiger partial charge in [-0.25, -0.2) is 4.98 Å². The second-order valence-electron chi connectivity index (χ2n) is 9.96. The number of carbonyl (C=O) groups is 1. The van der Waals surface area contributed by atoms with Crippen LogP contribution in [0, 0.1) is 0 Å². The highest BCUT2D eigenvalue weighted by molar-refractivity contribution is 5.81. The Morgan fingerprint density at radius 1 is 0.914 bits per heavy atom. The van der Waals surface area contributed by atoms with Crippen molar-refractivity contribution in [3.05, 3.63) is 54.4 Å². The van der Waals surface area contributed by atoms with Gasteiger partial charge in [0, 0.05) is 18.2 Å². The summed E-state index contributed by atoms with van der Waals surface area (Å²) in [5.74, 6) is 2.48. The number of amides is 1. The van der Waals surface area contributed by atoms with Crippen LogP contribution in [0.1, 0.15) is 70.0 Å². The number of hydrogen-bond acceptors (Lipinski definition) is 4. The lowest BCUT2D eigenvalue weighted by atomic mass is 9.88. The number of para-hydroxylation sites is 2. The van der Waals surface area contributed by atoms with E-state index in [1.165, 1.54) is 38.5 Å². The van der Waals surface area contributed by atoms with Gasteiger partial charge in [-0.1, -0.05) is 56.7 Å². The first kappa shape index (κ1) is 23.7. The lowest BCUT2D eigenvalue weighted by molar-refractivity contribution is -0.138. The summed E-state index contributed by atoms with van der Waals surface area (Å²) in [5.41, 5.74) is 1.88. The number of benzene rings is 2.